The Morgan fingerprint density at radius 1 is 1.50 bits per heavy atom. The van der Waals surface area contributed by atoms with Crippen LogP contribution < -0.4 is 5.63 Å². The topological polar surface area (TPSA) is 67.5 Å². The number of alkyl halides is 3. The molecule has 0 saturated carbocycles. The van der Waals surface area contributed by atoms with Crippen molar-refractivity contribution in [1.29, 1.82) is 0 Å². The zero-order chi connectivity index (χ0) is 14.1. The second-order valence-corrected chi connectivity index (χ2v) is 3.97. The lowest BCUT2D eigenvalue weighted by molar-refractivity contribution is -0.168. The highest BCUT2D eigenvalue weighted by Gasteiger charge is 2.38. The van der Waals surface area contributed by atoms with Gasteiger partial charge < -0.3 is 9.52 Å². The van der Waals surface area contributed by atoms with Gasteiger partial charge in [0.15, 0.2) is 5.78 Å². The zero-order valence-corrected chi connectivity index (χ0v) is 9.67. The minimum absolute atomic E-state index is 0.0675. The Balaban J connectivity index is 3.03. The first-order valence-corrected chi connectivity index (χ1v) is 5.06. The molecule has 1 N–H and O–H groups in total. The molecule has 0 spiro atoms. The number of Topliss-reactive ketones (excluding diaryl/α,β-unsaturated/α-hetero) is 1. The summed E-state index contributed by atoms with van der Waals surface area (Å²) < 4.78 is 41.4. The van der Waals surface area contributed by atoms with Gasteiger partial charge in [0, 0.05) is 12.5 Å². The first-order chi connectivity index (χ1) is 8.12. The summed E-state index contributed by atoms with van der Waals surface area (Å²) in [6.45, 7) is 2.19. The van der Waals surface area contributed by atoms with Crippen molar-refractivity contribution in [3.8, 4) is 5.75 Å². The summed E-state index contributed by atoms with van der Waals surface area (Å²) >= 11 is 0. The molecule has 1 aromatic rings. The first-order valence-electron chi connectivity index (χ1n) is 5.06. The van der Waals surface area contributed by atoms with E-state index >= 15 is 0 Å². The largest absolute Gasteiger partial charge is 0.507 e. The highest BCUT2D eigenvalue weighted by atomic mass is 19.4. The molecule has 100 valence electrons. The third kappa shape index (κ3) is 3.12. The van der Waals surface area contributed by atoms with E-state index in [-0.39, 0.29) is 5.76 Å². The molecule has 1 aromatic heterocycles. The van der Waals surface area contributed by atoms with Gasteiger partial charge in [0.2, 0.25) is 0 Å². The summed E-state index contributed by atoms with van der Waals surface area (Å²) in [5.74, 6) is -3.59. The molecular weight excluding hydrogens is 253 g/mol. The van der Waals surface area contributed by atoms with Crippen molar-refractivity contribution in [2.24, 2.45) is 5.92 Å². The predicted molar refractivity (Wildman–Crippen MR) is 55.5 cm³/mol. The van der Waals surface area contributed by atoms with E-state index in [1.807, 2.05) is 0 Å². The van der Waals surface area contributed by atoms with Gasteiger partial charge in [-0.15, -0.1) is 0 Å². The minimum atomic E-state index is -4.53. The van der Waals surface area contributed by atoms with Crippen molar-refractivity contribution in [3.63, 3.8) is 0 Å². The van der Waals surface area contributed by atoms with E-state index in [9.17, 15) is 27.9 Å². The Bertz CT molecular complexity index is 516. The SMILES string of the molecule is Cc1cc(O)c(C(=O)CC(C)C(F)(F)F)c(=O)o1. The molecule has 0 bridgehead atoms. The third-order valence-corrected chi connectivity index (χ3v) is 2.38. The Hall–Kier alpha value is -1.79. The Morgan fingerprint density at radius 2 is 2.06 bits per heavy atom. The molecule has 1 rings (SSSR count). The number of carbonyl (C=O) groups excluding carboxylic acids is 1. The number of carbonyl (C=O) groups is 1. The normalized spacial score (nSPS) is 13.4. The van der Waals surface area contributed by atoms with Crippen LogP contribution in [-0.4, -0.2) is 17.1 Å². The highest BCUT2D eigenvalue weighted by molar-refractivity contribution is 5.98. The molecule has 1 heterocycles. The number of hydrogen-bond acceptors (Lipinski definition) is 4. The maximum absolute atomic E-state index is 12.3. The minimum Gasteiger partial charge on any atom is -0.507 e. The lowest BCUT2D eigenvalue weighted by Crippen LogP contribution is -2.25. The zero-order valence-electron chi connectivity index (χ0n) is 9.67. The van der Waals surface area contributed by atoms with Crippen molar-refractivity contribution in [3.05, 3.63) is 27.8 Å². The molecule has 0 fully saturated rings. The van der Waals surface area contributed by atoms with Gasteiger partial charge in [0.25, 0.3) is 0 Å². The molecule has 0 aliphatic rings. The molecular formula is C11H11F3O4. The van der Waals surface area contributed by atoms with Crippen molar-refractivity contribution in [1.82, 2.24) is 0 Å². The van der Waals surface area contributed by atoms with E-state index in [2.05, 4.69) is 4.42 Å². The van der Waals surface area contributed by atoms with Crippen LogP contribution in [0.3, 0.4) is 0 Å². The van der Waals surface area contributed by atoms with Crippen LogP contribution in [0.25, 0.3) is 0 Å². The Kier molecular flexibility index (Phi) is 3.83. The third-order valence-electron chi connectivity index (χ3n) is 2.38. The molecule has 0 amide bonds. The second kappa shape index (κ2) is 4.83. The van der Waals surface area contributed by atoms with Gasteiger partial charge >= 0.3 is 11.8 Å². The fraction of sp³-hybridized carbons (Fsp3) is 0.455. The maximum atomic E-state index is 12.3. The Morgan fingerprint density at radius 3 is 2.50 bits per heavy atom. The van der Waals surface area contributed by atoms with Crippen molar-refractivity contribution in [2.45, 2.75) is 26.4 Å². The van der Waals surface area contributed by atoms with E-state index in [1.54, 1.807) is 0 Å². The average Bonchev–Trinajstić information content (AvgIpc) is 2.13. The van der Waals surface area contributed by atoms with Crippen LogP contribution >= 0.6 is 0 Å². The molecule has 0 radical (unpaired) electrons. The van der Waals surface area contributed by atoms with Gasteiger partial charge in [-0.05, 0) is 6.92 Å². The van der Waals surface area contributed by atoms with Crippen LogP contribution in [0.5, 0.6) is 5.75 Å². The molecule has 1 atom stereocenters. The molecule has 0 aliphatic heterocycles. The van der Waals surface area contributed by atoms with Crippen molar-refractivity contribution in [2.75, 3.05) is 0 Å². The summed E-state index contributed by atoms with van der Waals surface area (Å²) in [7, 11) is 0. The van der Waals surface area contributed by atoms with E-state index in [0.29, 0.717) is 0 Å². The number of aromatic hydroxyl groups is 1. The lowest BCUT2D eigenvalue weighted by Gasteiger charge is -2.14. The van der Waals surface area contributed by atoms with Crippen LogP contribution in [0, 0.1) is 12.8 Å². The van der Waals surface area contributed by atoms with Crippen molar-refractivity contribution >= 4 is 5.78 Å². The standard InChI is InChI=1S/C11H11F3O4/c1-5(11(12,13)14)3-7(15)9-8(16)4-6(2)18-10(9)17/h4-5,16H,3H2,1-2H3. The Labute approximate surface area is 100 Å². The van der Waals surface area contributed by atoms with Gasteiger partial charge in [-0.3, -0.25) is 4.79 Å². The van der Waals surface area contributed by atoms with Crippen LogP contribution in [0.2, 0.25) is 0 Å². The first kappa shape index (κ1) is 14.3. The second-order valence-electron chi connectivity index (χ2n) is 3.97. The molecule has 0 aliphatic carbocycles. The fourth-order valence-corrected chi connectivity index (χ4v) is 1.35. The van der Waals surface area contributed by atoms with E-state index in [4.69, 9.17) is 0 Å². The van der Waals surface area contributed by atoms with Crippen LogP contribution in [0.4, 0.5) is 13.2 Å². The number of aryl methyl sites for hydroxylation is 1. The predicted octanol–water partition coefficient (Wildman–Crippen LogP) is 2.43. The van der Waals surface area contributed by atoms with Crippen LogP contribution in [0.1, 0.15) is 29.5 Å². The van der Waals surface area contributed by atoms with Gasteiger partial charge in [0.05, 0.1) is 5.92 Å². The van der Waals surface area contributed by atoms with E-state index < -0.39 is 41.2 Å². The molecule has 4 nitrogen and oxygen atoms in total. The van der Waals surface area contributed by atoms with Crippen molar-refractivity contribution < 1.29 is 27.5 Å². The molecule has 7 heteroatoms. The molecule has 1 unspecified atom stereocenters. The summed E-state index contributed by atoms with van der Waals surface area (Å²) in [6.07, 6.45) is -5.44. The smallest absolute Gasteiger partial charge is 0.391 e. The summed E-state index contributed by atoms with van der Waals surface area (Å²) in [6, 6.07) is 1.01. The number of halogens is 3. The summed E-state index contributed by atoms with van der Waals surface area (Å²) in [5.41, 5.74) is -1.87. The number of ketones is 1. The van der Waals surface area contributed by atoms with Crippen LogP contribution in [-0.2, 0) is 0 Å². The van der Waals surface area contributed by atoms with Gasteiger partial charge in [-0.2, -0.15) is 13.2 Å². The molecule has 18 heavy (non-hydrogen) atoms. The van der Waals surface area contributed by atoms with Crippen LogP contribution in [0.15, 0.2) is 15.3 Å². The maximum Gasteiger partial charge on any atom is 0.391 e. The van der Waals surface area contributed by atoms with E-state index in [1.165, 1.54) is 6.92 Å². The summed E-state index contributed by atoms with van der Waals surface area (Å²) in [4.78, 5) is 22.8. The van der Waals surface area contributed by atoms with Gasteiger partial charge in [-0.25, -0.2) is 4.79 Å². The monoisotopic (exact) mass is 264 g/mol. The van der Waals surface area contributed by atoms with E-state index in [0.717, 1.165) is 13.0 Å². The fourth-order valence-electron chi connectivity index (χ4n) is 1.35. The summed E-state index contributed by atoms with van der Waals surface area (Å²) in [5, 5.41) is 9.40. The van der Waals surface area contributed by atoms with Gasteiger partial charge in [-0.1, -0.05) is 6.92 Å². The quantitative estimate of drug-likeness (QED) is 0.851. The number of hydrogen-bond donors (Lipinski definition) is 1. The number of rotatable bonds is 3. The molecule has 0 aromatic carbocycles. The molecule has 0 saturated heterocycles. The lowest BCUT2D eigenvalue weighted by atomic mass is 10.00. The highest BCUT2D eigenvalue weighted by Crippen LogP contribution is 2.30. The van der Waals surface area contributed by atoms with Gasteiger partial charge in [0.1, 0.15) is 17.1 Å². The average molecular weight is 264 g/mol.